The van der Waals surface area contributed by atoms with E-state index in [2.05, 4.69) is 11.4 Å². The average molecular weight is 251 g/mol. The number of rotatable bonds is 5. The molecule has 0 aliphatic heterocycles. The van der Waals surface area contributed by atoms with Crippen molar-refractivity contribution in [3.05, 3.63) is 65.7 Å². The van der Waals surface area contributed by atoms with Gasteiger partial charge in [-0.15, -0.1) is 0 Å². The second kappa shape index (κ2) is 6.58. The van der Waals surface area contributed by atoms with E-state index >= 15 is 0 Å². The fourth-order valence-electron chi connectivity index (χ4n) is 1.94. The Kier molecular flexibility index (Phi) is 4.54. The lowest BCUT2D eigenvalue weighted by Gasteiger charge is -2.13. The lowest BCUT2D eigenvalue weighted by molar-refractivity contribution is 0.675. The molecule has 0 aliphatic carbocycles. The van der Waals surface area contributed by atoms with Crippen LogP contribution in [0.4, 0.5) is 5.69 Å². The summed E-state index contributed by atoms with van der Waals surface area (Å²) in [5, 5.41) is 12.1. The van der Waals surface area contributed by atoms with Gasteiger partial charge in [-0.2, -0.15) is 5.26 Å². The Balaban J connectivity index is 1.85. The number of nitriles is 1. The maximum atomic E-state index is 8.83. The number of anilines is 1. The van der Waals surface area contributed by atoms with Crippen LogP contribution < -0.4 is 11.1 Å². The van der Waals surface area contributed by atoms with Crippen molar-refractivity contribution in [2.45, 2.75) is 12.5 Å². The molecule has 1 atom stereocenters. The number of nitrogens with two attached hydrogens (primary N) is 1. The molecule has 0 radical (unpaired) electrons. The van der Waals surface area contributed by atoms with Crippen molar-refractivity contribution in [3.63, 3.8) is 0 Å². The highest BCUT2D eigenvalue weighted by Crippen LogP contribution is 2.14. The molecule has 1 unspecified atom stereocenters. The monoisotopic (exact) mass is 251 g/mol. The molecule has 0 amide bonds. The summed E-state index contributed by atoms with van der Waals surface area (Å²) in [6.07, 6.45) is 0.848. The molecular weight excluding hydrogens is 234 g/mol. The molecule has 3 nitrogen and oxygen atoms in total. The Bertz CT molecular complexity index is 558. The Labute approximate surface area is 113 Å². The Morgan fingerprint density at radius 2 is 1.89 bits per heavy atom. The smallest absolute Gasteiger partial charge is 0.0992 e. The van der Waals surface area contributed by atoms with Crippen LogP contribution in [-0.2, 0) is 0 Å². The zero-order valence-electron chi connectivity index (χ0n) is 10.7. The van der Waals surface area contributed by atoms with Gasteiger partial charge in [-0.1, -0.05) is 36.4 Å². The molecule has 0 bridgehead atoms. The van der Waals surface area contributed by atoms with Gasteiger partial charge in [0.2, 0.25) is 0 Å². The lowest BCUT2D eigenvalue weighted by atomic mass is 10.1. The molecule has 0 saturated carbocycles. The summed E-state index contributed by atoms with van der Waals surface area (Å²) in [5.74, 6) is 0. The molecule has 0 saturated heterocycles. The average Bonchev–Trinajstić information content (AvgIpc) is 2.48. The molecule has 0 aliphatic rings. The van der Waals surface area contributed by atoms with Gasteiger partial charge in [0.1, 0.15) is 0 Å². The first kappa shape index (κ1) is 13.1. The number of nitrogens with one attached hydrogen (secondary N) is 1. The zero-order chi connectivity index (χ0) is 13.5. The van der Waals surface area contributed by atoms with Crippen LogP contribution in [0.25, 0.3) is 0 Å². The molecule has 2 aromatic rings. The largest absolute Gasteiger partial charge is 0.385 e. The summed E-state index contributed by atoms with van der Waals surface area (Å²) in [6, 6.07) is 19.7. The first-order valence-electron chi connectivity index (χ1n) is 6.34. The van der Waals surface area contributed by atoms with Gasteiger partial charge in [0.15, 0.2) is 0 Å². The van der Waals surface area contributed by atoms with E-state index in [0.29, 0.717) is 5.56 Å². The SMILES string of the molecule is N#Cc1cccc(NCCC(N)c2ccccc2)c1. The van der Waals surface area contributed by atoms with Crippen molar-refractivity contribution in [2.75, 3.05) is 11.9 Å². The Hall–Kier alpha value is -2.31. The normalized spacial score (nSPS) is 11.6. The van der Waals surface area contributed by atoms with Crippen LogP contribution in [0.1, 0.15) is 23.6 Å². The van der Waals surface area contributed by atoms with Crippen LogP contribution in [0.15, 0.2) is 54.6 Å². The minimum atomic E-state index is 0.0350. The summed E-state index contributed by atoms with van der Waals surface area (Å²) in [5.41, 5.74) is 8.89. The standard InChI is InChI=1S/C16H17N3/c17-12-13-5-4-8-15(11-13)19-10-9-16(18)14-6-2-1-3-7-14/h1-8,11,16,19H,9-10,18H2. The summed E-state index contributed by atoms with van der Waals surface area (Å²) in [6.45, 7) is 0.783. The van der Waals surface area contributed by atoms with Crippen molar-refractivity contribution < 1.29 is 0 Å². The topological polar surface area (TPSA) is 61.8 Å². The lowest BCUT2D eigenvalue weighted by Crippen LogP contribution is -2.15. The molecule has 19 heavy (non-hydrogen) atoms. The zero-order valence-corrected chi connectivity index (χ0v) is 10.7. The van der Waals surface area contributed by atoms with Gasteiger partial charge >= 0.3 is 0 Å². The molecule has 0 spiro atoms. The van der Waals surface area contributed by atoms with Crippen LogP contribution in [0, 0.1) is 11.3 Å². The van der Waals surface area contributed by atoms with Crippen molar-refractivity contribution in [2.24, 2.45) is 5.73 Å². The van der Waals surface area contributed by atoms with Gasteiger partial charge in [-0.05, 0) is 30.2 Å². The highest BCUT2D eigenvalue weighted by molar-refractivity contribution is 5.49. The minimum absolute atomic E-state index is 0.0350. The minimum Gasteiger partial charge on any atom is -0.385 e. The van der Waals surface area contributed by atoms with Gasteiger partial charge < -0.3 is 11.1 Å². The number of nitrogens with zero attached hydrogens (tertiary/aromatic N) is 1. The summed E-state index contributed by atoms with van der Waals surface area (Å²) in [7, 11) is 0. The fraction of sp³-hybridized carbons (Fsp3) is 0.188. The van der Waals surface area contributed by atoms with Crippen molar-refractivity contribution >= 4 is 5.69 Å². The molecule has 3 N–H and O–H groups in total. The van der Waals surface area contributed by atoms with Crippen molar-refractivity contribution in [1.82, 2.24) is 0 Å². The third kappa shape index (κ3) is 3.84. The number of hydrogen-bond acceptors (Lipinski definition) is 3. The summed E-state index contributed by atoms with van der Waals surface area (Å²) in [4.78, 5) is 0. The van der Waals surface area contributed by atoms with Crippen LogP contribution in [-0.4, -0.2) is 6.54 Å². The van der Waals surface area contributed by atoms with Crippen LogP contribution in [0.3, 0.4) is 0 Å². The van der Waals surface area contributed by atoms with E-state index in [1.54, 1.807) is 6.07 Å². The maximum Gasteiger partial charge on any atom is 0.0992 e. The van der Waals surface area contributed by atoms with Gasteiger partial charge in [-0.25, -0.2) is 0 Å². The molecule has 2 aromatic carbocycles. The quantitative estimate of drug-likeness (QED) is 0.858. The second-order valence-corrected chi connectivity index (χ2v) is 4.43. The summed E-state index contributed by atoms with van der Waals surface area (Å²) >= 11 is 0. The molecule has 2 rings (SSSR count). The van der Waals surface area contributed by atoms with Gasteiger partial charge in [-0.3, -0.25) is 0 Å². The van der Waals surface area contributed by atoms with Gasteiger partial charge in [0.05, 0.1) is 11.6 Å². The third-order valence-corrected chi connectivity index (χ3v) is 3.00. The van der Waals surface area contributed by atoms with Crippen LogP contribution in [0.5, 0.6) is 0 Å². The Morgan fingerprint density at radius 1 is 1.11 bits per heavy atom. The van der Waals surface area contributed by atoms with E-state index in [1.165, 1.54) is 0 Å². The number of hydrogen-bond donors (Lipinski definition) is 2. The predicted octanol–water partition coefficient (Wildman–Crippen LogP) is 3.06. The van der Waals surface area contributed by atoms with E-state index in [9.17, 15) is 0 Å². The van der Waals surface area contributed by atoms with Gasteiger partial charge in [0, 0.05) is 18.3 Å². The van der Waals surface area contributed by atoms with Gasteiger partial charge in [0.25, 0.3) is 0 Å². The predicted molar refractivity (Wildman–Crippen MR) is 77.6 cm³/mol. The van der Waals surface area contributed by atoms with Crippen molar-refractivity contribution in [3.8, 4) is 6.07 Å². The van der Waals surface area contributed by atoms with E-state index in [-0.39, 0.29) is 6.04 Å². The van der Waals surface area contributed by atoms with Crippen LogP contribution >= 0.6 is 0 Å². The van der Waals surface area contributed by atoms with Crippen molar-refractivity contribution in [1.29, 1.82) is 5.26 Å². The molecule has 3 heteroatoms. The van der Waals surface area contributed by atoms with E-state index in [4.69, 9.17) is 11.0 Å². The fourth-order valence-corrected chi connectivity index (χ4v) is 1.94. The highest BCUT2D eigenvalue weighted by atomic mass is 14.9. The van der Waals surface area contributed by atoms with E-state index in [1.807, 2.05) is 48.5 Å². The molecule has 0 aromatic heterocycles. The molecule has 0 heterocycles. The highest BCUT2D eigenvalue weighted by Gasteiger charge is 2.04. The van der Waals surface area contributed by atoms with Crippen LogP contribution in [0.2, 0.25) is 0 Å². The second-order valence-electron chi connectivity index (χ2n) is 4.43. The maximum absolute atomic E-state index is 8.83. The first-order chi connectivity index (χ1) is 9.29. The first-order valence-corrected chi connectivity index (χ1v) is 6.34. The molecule has 0 fully saturated rings. The third-order valence-electron chi connectivity index (χ3n) is 3.00. The Morgan fingerprint density at radius 3 is 2.63 bits per heavy atom. The molecular formula is C16H17N3. The molecule has 96 valence electrons. The summed E-state index contributed by atoms with van der Waals surface area (Å²) < 4.78 is 0. The van der Waals surface area contributed by atoms with E-state index < -0.39 is 0 Å². The number of benzene rings is 2. The van der Waals surface area contributed by atoms with E-state index in [0.717, 1.165) is 24.2 Å².